The van der Waals surface area contributed by atoms with E-state index >= 15 is 0 Å². The van der Waals surface area contributed by atoms with E-state index in [-0.39, 0.29) is 24.3 Å². The average Bonchev–Trinajstić information content (AvgIpc) is 3.26. The lowest BCUT2D eigenvalue weighted by molar-refractivity contribution is -0.169. The maximum absolute atomic E-state index is 13.7. The molecule has 2 aromatic rings. The number of aliphatic carboxylic acids is 1. The highest BCUT2D eigenvalue weighted by atomic mass is 16.5. The van der Waals surface area contributed by atoms with Crippen molar-refractivity contribution in [2.24, 2.45) is 5.92 Å². The number of carbonyl (C=O) groups excluding carboxylic acids is 1. The molecular weight excluding hydrogens is 446 g/mol. The van der Waals surface area contributed by atoms with E-state index in [1.165, 1.54) is 0 Å². The van der Waals surface area contributed by atoms with Gasteiger partial charge in [0.05, 0.1) is 24.9 Å². The molecule has 3 aliphatic heterocycles. The van der Waals surface area contributed by atoms with Crippen molar-refractivity contribution in [3.63, 3.8) is 0 Å². The molecule has 2 fully saturated rings. The minimum atomic E-state index is -0.841. The summed E-state index contributed by atoms with van der Waals surface area (Å²) in [6.07, 6.45) is 2.71. The molecule has 0 saturated carbocycles. The van der Waals surface area contributed by atoms with Gasteiger partial charge >= 0.3 is 5.97 Å². The van der Waals surface area contributed by atoms with Gasteiger partial charge in [0, 0.05) is 37.1 Å². The maximum Gasteiger partial charge on any atom is 0.303 e. The summed E-state index contributed by atoms with van der Waals surface area (Å²) in [4.78, 5) is 27.1. The van der Waals surface area contributed by atoms with E-state index < -0.39 is 17.1 Å². The summed E-state index contributed by atoms with van der Waals surface area (Å²) in [5, 5.41) is 9.40. The molecule has 7 nitrogen and oxygen atoms in total. The Morgan fingerprint density at radius 2 is 1.94 bits per heavy atom. The number of amides is 1. The second-order valence-corrected chi connectivity index (χ2v) is 10.3. The molecule has 2 saturated heterocycles. The third-order valence-electron chi connectivity index (χ3n) is 8.04. The summed E-state index contributed by atoms with van der Waals surface area (Å²) in [7, 11) is 1.65. The molecule has 1 spiro atoms. The molecule has 35 heavy (non-hydrogen) atoms. The number of benzene rings is 2. The lowest BCUT2D eigenvalue weighted by Crippen LogP contribution is -2.60. The first kappa shape index (κ1) is 23.8. The summed E-state index contributed by atoms with van der Waals surface area (Å²) < 4.78 is 18.3. The van der Waals surface area contributed by atoms with E-state index in [0.717, 1.165) is 36.1 Å². The molecule has 4 atom stereocenters. The molecule has 0 aromatic heterocycles. The van der Waals surface area contributed by atoms with Crippen LogP contribution in [0.25, 0.3) is 0 Å². The van der Waals surface area contributed by atoms with Crippen molar-refractivity contribution in [3.8, 4) is 5.75 Å². The van der Waals surface area contributed by atoms with Crippen LogP contribution in [0.2, 0.25) is 0 Å². The fourth-order valence-corrected chi connectivity index (χ4v) is 6.19. The van der Waals surface area contributed by atoms with Gasteiger partial charge in [-0.1, -0.05) is 30.3 Å². The van der Waals surface area contributed by atoms with E-state index in [2.05, 4.69) is 0 Å². The Balaban J connectivity index is 1.44. The number of nitrogens with zero attached hydrogens (tertiary/aromatic N) is 1. The third-order valence-corrected chi connectivity index (χ3v) is 8.04. The SMILES string of the molecule is COCc1ccc(C(=O)N2CCC[C@]23CO[C@H]2c4ccccc4O[C@@](C)(CCC(=O)O)[C@@H]2C3)cc1. The molecule has 186 valence electrons. The van der Waals surface area contributed by atoms with Crippen molar-refractivity contribution in [1.29, 1.82) is 0 Å². The second kappa shape index (κ2) is 9.28. The van der Waals surface area contributed by atoms with Gasteiger partial charge in [-0.05, 0) is 56.4 Å². The standard InChI is InChI=1S/C28H33NO6/c1-27(14-12-24(30)31)22-16-28(18-34-25(22)21-6-3-4-7-23(21)35-27)13-5-15-29(28)26(32)20-10-8-19(9-11-20)17-33-2/h3-4,6-11,22,25H,5,12-18H2,1-2H3,(H,30,31)/t22-,25+,27+,28+/m1/s1. The van der Waals surface area contributed by atoms with Crippen LogP contribution in [-0.4, -0.2) is 53.3 Å². The number of fused-ring (bicyclic) bond motifs is 3. The monoisotopic (exact) mass is 479 g/mol. The molecule has 0 aliphatic carbocycles. The number of ether oxygens (including phenoxy) is 3. The second-order valence-electron chi connectivity index (χ2n) is 10.3. The van der Waals surface area contributed by atoms with Gasteiger partial charge in [-0.3, -0.25) is 9.59 Å². The Morgan fingerprint density at radius 3 is 2.69 bits per heavy atom. The van der Waals surface area contributed by atoms with E-state index in [1.807, 2.05) is 60.4 Å². The smallest absolute Gasteiger partial charge is 0.303 e. The normalized spacial score (nSPS) is 29.4. The van der Waals surface area contributed by atoms with Gasteiger partial charge in [-0.25, -0.2) is 0 Å². The molecule has 1 N–H and O–H groups in total. The molecule has 7 heteroatoms. The largest absolute Gasteiger partial charge is 0.487 e. The molecule has 0 unspecified atom stereocenters. The van der Waals surface area contributed by atoms with Gasteiger partial charge in [0.2, 0.25) is 0 Å². The molecule has 2 aromatic carbocycles. The number of carboxylic acid groups (broad SMARTS) is 1. The molecule has 1 amide bonds. The van der Waals surface area contributed by atoms with Gasteiger partial charge in [0.25, 0.3) is 5.91 Å². The lowest BCUT2D eigenvalue weighted by Gasteiger charge is -2.54. The summed E-state index contributed by atoms with van der Waals surface area (Å²) >= 11 is 0. The van der Waals surface area contributed by atoms with Gasteiger partial charge in [0.1, 0.15) is 11.4 Å². The quantitative estimate of drug-likeness (QED) is 0.652. The average molecular weight is 480 g/mol. The van der Waals surface area contributed by atoms with Crippen molar-refractivity contribution in [2.45, 2.75) is 62.9 Å². The Bertz CT molecular complexity index is 1100. The van der Waals surface area contributed by atoms with Crippen molar-refractivity contribution in [2.75, 3.05) is 20.3 Å². The number of carboxylic acids is 1. The van der Waals surface area contributed by atoms with Crippen molar-refractivity contribution in [3.05, 3.63) is 65.2 Å². The zero-order chi connectivity index (χ0) is 24.6. The Morgan fingerprint density at radius 1 is 1.17 bits per heavy atom. The van der Waals surface area contributed by atoms with Crippen molar-refractivity contribution < 1.29 is 28.9 Å². The summed E-state index contributed by atoms with van der Waals surface area (Å²) in [6.45, 7) is 3.66. The van der Waals surface area contributed by atoms with Gasteiger partial charge < -0.3 is 24.2 Å². The number of rotatable bonds is 6. The lowest BCUT2D eigenvalue weighted by atomic mass is 9.68. The summed E-state index contributed by atoms with van der Waals surface area (Å²) in [5.74, 6) is -0.139. The van der Waals surface area contributed by atoms with E-state index in [4.69, 9.17) is 14.2 Å². The third kappa shape index (κ3) is 4.32. The summed E-state index contributed by atoms with van der Waals surface area (Å²) in [6, 6.07) is 15.5. The van der Waals surface area contributed by atoms with Crippen LogP contribution in [0.1, 0.15) is 66.6 Å². The van der Waals surface area contributed by atoms with Crippen LogP contribution >= 0.6 is 0 Å². The number of carbonyl (C=O) groups is 2. The Kier molecular flexibility index (Phi) is 6.32. The number of hydrogen-bond acceptors (Lipinski definition) is 5. The zero-order valence-electron chi connectivity index (χ0n) is 20.4. The van der Waals surface area contributed by atoms with Gasteiger partial charge in [-0.2, -0.15) is 0 Å². The highest BCUT2D eigenvalue weighted by Gasteiger charge is 2.57. The number of likely N-dealkylation sites (tertiary alicyclic amines) is 1. The van der Waals surface area contributed by atoms with E-state index in [1.54, 1.807) is 7.11 Å². The minimum Gasteiger partial charge on any atom is -0.487 e. The van der Waals surface area contributed by atoms with E-state index in [0.29, 0.717) is 31.7 Å². The minimum absolute atomic E-state index is 0.0119. The fraction of sp³-hybridized carbons (Fsp3) is 0.500. The number of para-hydroxylation sites is 1. The molecule has 5 rings (SSSR count). The Hall–Kier alpha value is -2.90. The van der Waals surface area contributed by atoms with Crippen molar-refractivity contribution >= 4 is 11.9 Å². The van der Waals surface area contributed by atoms with Crippen LogP contribution in [0.3, 0.4) is 0 Å². The predicted octanol–water partition coefficient (Wildman–Crippen LogP) is 4.60. The highest BCUT2D eigenvalue weighted by molar-refractivity contribution is 5.95. The van der Waals surface area contributed by atoms with Crippen LogP contribution in [0.5, 0.6) is 5.75 Å². The molecule has 3 aliphatic rings. The van der Waals surface area contributed by atoms with Crippen molar-refractivity contribution in [1.82, 2.24) is 4.90 Å². The van der Waals surface area contributed by atoms with Crippen LogP contribution in [0, 0.1) is 5.92 Å². The predicted molar refractivity (Wildman–Crippen MR) is 129 cm³/mol. The van der Waals surface area contributed by atoms with Crippen LogP contribution < -0.4 is 4.74 Å². The fourth-order valence-electron chi connectivity index (χ4n) is 6.19. The van der Waals surface area contributed by atoms with Gasteiger partial charge in [-0.15, -0.1) is 0 Å². The Labute approximate surface area is 206 Å². The molecule has 0 bridgehead atoms. The molecular formula is C28H33NO6. The van der Waals surface area contributed by atoms with E-state index in [9.17, 15) is 14.7 Å². The first-order valence-electron chi connectivity index (χ1n) is 12.4. The topological polar surface area (TPSA) is 85.3 Å². The van der Waals surface area contributed by atoms with Crippen LogP contribution in [0.15, 0.2) is 48.5 Å². The van der Waals surface area contributed by atoms with Gasteiger partial charge in [0.15, 0.2) is 0 Å². The van der Waals surface area contributed by atoms with Crippen LogP contribution in [0.4, 0.5) is 0 Å². The van der Waals surface area contributed by atoms with Crippen LogP contribution in [-0.2, 0) is 20.9 Å². The zero-order valence-corrected chi connectivity index (χ0v) is 20.4. The highest BCUT2D eigenvalue weighted by Crippen LogP contribution is 2.55. The first-order chi connectivity index (χ1) is 16.8. The maximum atomic E-state index is 13.7. The molecule has 0 radical (unpaired) electrons. The molecule has 3 heterocycles. The number of methoxy groups -OCH3 is 1. The number of hydrogen-bond donors (Lipinski definition) is 1. The first-order valence-corrected chi connectivity index (χ1v) is 12.4. The summed E-state index contributed by atoms with van der Waals surface area (Å²) in [5.41, 5.74) is 1.56.